The van der Waals surface area contributed by atoms with Crippen LogP contribution >= 0.6 is 12.2 Å². The van der Waals surface area contributed by atoms with E-state index in [1.54, 1.807) is 24.3 Å². The summed E-state index contributed by atoms with van der Waals surface area (Å²) in [4.78, 5) is 27.9. The molecule has 0 unspecified atom stereocenters. The van der Waals surface area contributed by atoms with Crippen molar-refractivity contribution in [1.29, 1.82) is 0 Å². The van der Waals surface area contributed by atoms with Crippen molar-refractivity contribution in [3.8, 4) is 28.5 Å². The molecule has 0 aliphatic carbocycles. The Hall–Kier alpha value is -5.03. The molecule has 1 amide bonds. The lowest BCUT2D eigenvalue weighted by Crippen LogP contribution is -2.33. The quantitative estimate of drug-likeness (QED) is 0.140. The van der Waals surface area contributed by atoms with E-state index in [2.05, 4.69) is 15.6 Å². The van der Waals surface area contributed by atoms with E-state index in [1.165, 1.54) is 30.3 Å². The van der Waals surface area contributed by atoms with Crippen molar-refractivity contribution in [3.05, 3.63) is 93.7 Å². The van der Waals surface area contributed by atoms with Gasteiger partial charge in [0.1, 0.15) is 17.0 Å². The second-order valence-corrected chi connectivity index (χ2v) is 8.94. The van der Waals surface area contributed by atoms with Gasteiger partial charge in [0.15, 0.2) is 16.5 Å². The molecule has 5 aromatic rings. The minimum Gasteiger partial charge on any atom is -0.507 e. The van der Waals surface area contributed by atoms with Crippen molar-refractivity contribution in [2.75, 3.05) is 5.32 Å². The molecule has 11 heteroatoms. The van der Waals surface area contributed by atoms with Crippen molar-refractivity contribution >= 4 is 45.7 Å². The first-order valence-corrected chi connectivity index (χ1v) is 11.8. The third-order valence-electron chi connectivity index (χ3n) is 5.73. The molecule has 0 saturated carbocycles. The molecule has 5 rings (SSSR count). The number of oxazole rings is 1. The van der Waals surface area contributed by atoms with E-state index in [4.69, 9.17) is 21.1 Å². The predicted octanol–water partition coefficient (Wildman–Crippen LogP) is 6.11. The Morgan fingerprint density at radius 3 is 2.58 bits per heavy atom. The van der Waals surface area contributed by atoms with Gasteiger partial charge in [-0.25, -0.2) is 4.98 Å². The summed E-state index contributed by atoms with van der Waals surface area (Å²) in [7, 11) is 0. The average molecular weight is 529 g/mol. The number of nitro benzene ring substituents is 1. The number of hydrogen-bond acceptors (Lipinski definition) is 8. The summed E-state index contributed by atoms with van der Waals surface area (Å²) >= 11 is 5.22. The Kier molecular flexibility index (Phi) is 6.35. The van der Waals surface area contributed by atoms with E-state index in [9.17, 15) is 20.0 Å². The van der Waals surface area contributed by atoms with Crippen LogP contribution < -0.4 is 10.6 Å². The van der Waals surface area contributed by atoms with E-state index >= 15 is 0 Å². The molecular weight excluding hydrogens is 508 g/mol. The Labute approximate surface area is 221 Å². The first-order valence-electron chi connectivity index (χ1n) is 11.4. The number of carbonyl (C=O) groups excluding carboxylic acids is 1. The molecule has 0 aliphatic heterocycles. The summed E-state index contributed by atoms with van der Waals surface area (Å²) in [6.45, 7) is 3.90. The third-order valence-corrected chi connectivity index (χ3v) is 5.93. The number of aromatic nitrogens is 1. The number of benzene rings is 3. The topological polar surface area (TPSA) is 144 Å². The standard InChI is InChI=1S/C27H20N4O6S/c1-14-11-15(2)24-19(12-14)29-26(37-24)18-8-7-16(13-21(18)32)28-27(38)30-25(33)23-10-9-22(36-23)17-5-3-4-6-20(17)31(34)35/h3-13,32H,1-2H3,(H2,28,30,33,38). The van der Waals surface area contributed by atoms with Crippen molar-refractivity contribution in [2.45, 2.75) is 13.8 Å². The molecule has 0 atom stereocenters. The molecular formula is C27H20N4O6S. The third kappa shape index (κ3) is 4.82. The second-order valence-electron chi connectivity index (χ2n) is 8.53. The van der Waals surface area contributed by atoms with Gasteiger partial charge in [-0.15, -0.1) is 0 Å². The summed E-state index contributed by atoms with van der Waals surface area (Å²) in [5, 5.41) is 27.2. The number of nitrogens with zero attached hydrogens (tertiary/aromatic N) is 2. The molecule has 0 aliphatic rings. The molecule has 10 nitrogen and oxygen atoms in total. The number of thiocarbonyl (C=S) groups is 1. The number of nitrogens with one attached hydrogen (secondary N) is 2. The molecule has 2 aromatic heterocycles. The van der Waals surface area contributed by atoms with Crippen molar-refractivity contribution in [2.24, 2.45) is 0 Å². The number of nitro groups is 1. The highest BCUT2D eigenvalue weighted by Gasteiger charge is 2.20. The molecule has 3 N–H and O–H groups in total. The normalized spacial score (nSPS) is 10.9. The number of phenols is 1. The van der Waals surface area contributed by atoms with Crippen LogP contribution in [0.2, 0.25) is 0 Å². The SMILES string of the molecule is Cc1cc(C)c2oc(-c3ccc(NC(=S)NC(=O)c4ccc(-c5ccccc5[N+](=O)[O-])o4)cc3O)nc2c1. The molecule has 0 bridgehead atoms. The fourth-order valence-corrected chi connectivity index (χ4v) is 4.27. The highest BCUT2D eigenvalue weighted by atomic mass is 32.1. The van der Waals surface area contributed by atoms with Crippen LogP contribution in [-0.4, -0.2) is 26.0 Å². The molecule has 0 radical (unpaired) electrons. The summed E-state index contributed by atoms with van der Waals surface area (Å²) in [6, 6.07) is 17.5. The Bertz CT molecular complexity index is 1740. The van der Waals surface area contributed by atoms with Gasteiger partial charge in [0.2, 0.25) is 5.89 Å². The van der Waals surface area contributed by atoms with E-state index in [0.717, 1.165) is 11.1 Å². The van der Waals surface area contributed by atoms with E-state index in [-0.39, 0.29) is 39.5 Å². The summed E-state index contributed by atoms with van der Waals surface area (Å²) < 4.78 is 11.4. The lowest BCUT2D eigenvalue weighted by atomic mass is 10.1. The molecule has 2 heterocycles. The number of fused-ring (bicyclic) bond motifs is 1. The van der Waals surface area contributed by atoms with Crippen LogP contribution in [0.1, 0.15) is 21.7 Å². The maximum Gasteiger partial charge on any atom is 0.293 e. The minimum atomic E-state index is -0.648. The van der Waals surface area contributed by atoms with Crippen molar-refractivity contribution < 1.29 is 23.7 Å². The summed E-state index contributed by atoms with van der Waals surface area (Å²) in [6.07, 6.45) is 0. The van der Waals surface area contributed by atoms with Crippen LogP contribution in [0.5, 0.6) is 5.75 Å². The van der Waals surface area contributed by atoms with Crippen LogP contribution in [0.4, 0.5) is 11.4 Å². The Morgan fingerprint density at radius 1 is 1.03 bits per heavy atom. The lowest BCUT2D eigenvalue weighted by Gasteiger charge is -2.10. The van der Waals surface area contributed by atoms with Gasteiger partial charge < -0.3 is 19.3 Å². The van der Waals surface area contributed by atoms with Crippen molar-refractivity contribution in [1.82, 2.24) is 10.3 Å². The number of hydrogen-bond donors (Lipinski definition) is 3. The summed E-state index contributed by atoms with van der Waals surface area (Å²) in [5.41, 5.74) is 4.28. The Balaban J connectivity index is 1.28. The van der Waals surface area contributed by atoms with Gasteiger partial charge in [-0.1, -0.05) is 18.2 Å². The average Bonchev–Trinajstić information content (AvgIpc) is 3.52. The van der Waals surface area contributed by atoms with Gasteiger partial charge >= 0.3 is 0 Å². The number of rotatable bonds is 5. The number of aromatic hydroxyl groups is 1. The predicted molar refractivity (Wildman–Crippen MR) is 145 cm³/mol. The highest BCUT2D eigenvalue weighted by Crippen LogP contribution is 2.34. The first-order chi connectivity index (χ1) is 18.2. The first kappa shape index (κ1) is 24.7. The van der Waals surface area contributed by atoms with E-state index in [1.807, 2.05) is 26.0 Å². The van der Waals surface area contributed by atoms with Gasteiger partial charge in [-0.05, 0) is 73.6 Å². The number of furan rings is 1. The van der Waals surface area contributed by atoms with Gasteiger partial charge in [-0.3, -0.25) is 20.2 Å². The fourth-order valence-electron chi connectivity index (χ4n) is 4.06. The zero-order valence-electron chi connectivity index (χ0n) is 20.1. The monoisotopic (exact) mass is 528 g/mol. The van der Waals surface area contributed by atoms with Crippen molar-refractivity contribution in [3.63, 3.8) is 0 Å². The Morgan fingerprint density at radius 2 is 1.82 bits per heavy atom. The smallest absolute Gasteiger partial charge is 0.293 e. The number of amides is 1. The second kappa shape index (κ2) is 9.79. The maximum absolute atomic E-state index is 12.6. The highest BCUT2D eigenvalue weighted by molar-refractivity contribution is 7.80. The zero-order chi connectivity index (χ0) is 27.0. The van der Waals surface area contributed by atoms with E-state index in [0.29, 0.717) is 22.4 Å². The number of aryl methyl sites for hydroxylation is 2. The lowest BCUT2D eigenvalue weighted by molar-refractivity contribution is -0.384. The minimum absolute atomic E-state index is 0.0428. The van der Waals surface area contributed by atoms with Gasteiger partial charge in [0.25, 0.3) is 11.6 Å². The molecule has 0 fully saturated rings. The van der Waals surface area contributed by atoms with Crippen LogP contribution in [0, 0.1) is 24.0 Å². The molecule has 3 aromatic carbocycles. The number of carbonyl (C=O) groups is 1. The summed E-state index contributed by atoms with van der Waals surface area (Å²) in [5.74, 6) is -0.371. The van der Waals surface area contributed by atoms with Crippen LogP contribution in [0.15, 0.2) is 75.6 Å². The van der Waals surface area contributed by atoms with Crippen LogP contribution in [-0.2, 0) is 0 Å². The van der Waals surface area contributed by atoms with E-state index < -0.39 is 10.8 Å². The van der Waals surface area contributed by atoms with Crippen LogP contribution in [0.25, 0.3) is 33.9 Å². The fraction of sp³-hybridized carbons (Fsp3) is 0.0741. The molecule has 0 spiro atoms. The number of anilines is 1. The van der Waals surface area contributed by atoms with Crippen LogP contribution in [0.3, 0.4) is 0 Å². The molecule has 38 heavy (non-hydrogen) atoms. The van der Waals surface area contributed by atoms with Gasteiger partial charge in [-0.2, -0.15) is 0 Å². The number of phenolic OH excluding ortho intramolecular Hbond substituents is 1. The zero-order valence-corrected chi connectivity index (χ0v) is 21.0. The van der Waals surface area contributed by atoms with Gasteiger partial charge in [0, 0.05) is 17.8 Å². The molecule has 0 saturated heterocycles. The molecule has 190 valence electrons. The van der Waals surface area contributed by atoms with Gasteiger partial charge in [0.05, 0.1) is 16.1 Å². The largest absolute Gasteiger partial charge is 0.507 e. The number of para-hydroxylation sites is 1. The maximum atomic E-state index is 12.6.